The maximum atomic E-state index is 13.9. The molecule has 0 radical (unpaired) electrons. The summed E-state index contributed by atoms with van der Waals surface area (Å²) in [6.45, 7) is 1.59. The summed E-state index contributed by atoms with van der Waals surface area (Å²) in [5.41, 5.74) is 7.09. The summed E-state index contributed by atoms with van der Waals surface area (Å²) in [4.78, 5) is 34.5. The van der Waals surface area contributed by atoms with Crippen LogP contribution < -0.4 is 15.0 Å². The number of H-pyrrole nitrogens is 1. The van der Waals surface area contributed by atoms with Crippen LogP contribution in [0.5, 0.6) is 5.75 Å². The van der Waals surface area contributed by atoms with Crippen molar-refractivity contribution in [3.8, 4) is 17.0 Å². The van der Waals surface area contributed by atoms with Gasteiger partial charge in [-0.3, -0.25) is 15.0 Å². The van der Waals surface area contributed by atoms with Gasteiger partial charge in [-0.15, -0.1) is 4.83 Å². The number of nitrogens with one attached hydrogen (secondary N) is 3. The van der Waals surface area contributed by atoms with Crippen molar-refractivity contribution in [2.75, 3.05) is 7.11 Å². The second-order valence-electron chi connectivity index (χ2n) is 9.97. The Bertz CT molecular complexity index is 1900. The molecule has 2 atom stereocenters. The lowest BCUT2D eigenvalue weighted by atomic mass is 9.92. The first-order valence-electron chi connectivity index (χ1n) is 13.3. The van der Waals surface area contributed by atoms with Crippen molar-refractivity contribution in [2.45, 2.75) is 23.9 Å². The van der Waals surface area contributed by atoms with E-state index >= 15 is 0 Å². The Labute approximate surface area is 243 Å². The number of sulfonamides is 1. The minimum Gasteiger partial charge on any atom is -0.497 e. The Balaban J connectivity index is 1.38. The van der Waals surface area contributed by atoms with Gasteiger partial charge in [0.05, 0.1) is 23.7 Å². The molecular weight excluding hydrogens is 552 g/mol. The van der Waals surface area contributed by atoms with Gasteiger partial charge in [-0.2, -0.15) is 0 Å². The van der Waals surface area contributed by atoms with Gasteiger partial charge in [0, 0.05) is 22.0 Å². The summed E-state index contributed by atoms with van der Waals surface area (Å²) in [6, 6.07) is 29.1. The zero-order chi connectivity index (χ0) is 29.4. The van der Waals surface area contributed by atoms with E-state index in [1.165, 1.54) is 36.3 Å². The van der Waals surface area contributed by atoms with Crippen LogP contribution in [0.1, 0.15) is 34.5 Å². The zero-order valence-corrected chi connectivity index (χ0v) is 23.7. The van der Waals surface area contributed by atoms with Crippen molar-refractivity contribution < 1.29 is 22.7 Å². The number of methoxy groups -OCH3 is 1. The number of hydrogen-bond donors (Lipinski definition) is 3. The van der Waals surface area contributed by atoms with Crippen LogP contribution in [0.2, 0.25) is 0 Å². The molecule has 4 aromatic carbocycles. The van der Waals surface area contributed by atoms with Crippen LogP contribution >= 0.6 is 0 Å². The molecule has 0 bridgehead atoms. The van der Waals surface area contributed by atoms with Crippen LogP contribution in [0.3, 0.4) is 0 Å². The van der Waals surface area contributed by atoms with Crippen LogP contribution in [-0.4, -0.2) is 43.3 Å². The molecule has 0 spiro atoms. The molecule has 42 heavy (non-hydrogen) atoms. The highest BCUT2D eigenvalue weighted by Crippen LogP contribution is 2.46. The zero-order valence-electron chi connectivity index (χ0n) is 22.9. The highest BCUT2D eigenvalue weighted by molar-refractivity contribution is 7.89. The van der Waals surface area contributed by atoms with E-state index in [2.05, 4.69) is 15.2 Å². The monoisotopic (exact) mass is 580 g/mol. The Hall–Kier alpha value is -4.93. The molecule has 0 aliphatic carbocycles. The average Bonchev–Trinajstić information content (AvgIpc) is 3.55. The number of amides is 2. The van der Waals surface area contributed by atoms with E-state index in [1.807, 2.05) is 66.7 Å². The number of nitrogens with zero attached hydrogens (tertiary/aromatic N) is 1. The van der Waals surface area contributed by atoms with Crippen molar-refractivity contribution in [3.05, 3.63) is 120 Å². The molecule has 1 aliphatic heterocycles. The van der Waals surface area contributed by atoms with Crippen LogP contribution in [0, 0.1) is 0 Å². The molecular formula is C32H28N4O5S. The second kappa shape index (κ2) is 10.8. The van der Waals surface area contributed by atoms with Gasteiger partial charge in [0.2, 0.25) is 0 Å². The van der Waals surface area contributed by atoms with Crippen LogP contribution in [0.15, 0.2) is 108 Å². The Morgan fingerprint density at radius 3 is 2.31 bits per heavy atom. The van der Waals surface area contributed by atoms with E-state index in [0.29, 0.717) is 11.3 Å². The number of carbonyl (C=O) groups is 2. The highest BCUT2D eigenvalue weighted by Gasteiger charge is 2.44. The largest absolute Gasteiger partial charge is 0.497 e. The Morgan fingerprint density at radius 1 is 0.905 bits per heavy atom. The fraction of sp³-hybridized carbons (Fsp3) is 0.125. The number of aromatic nitrogens is 1. The van der Waals surface area contributed by atoms with Gasteiger partial charge in [0.1, 0.15) is 11.8 Å². The lowest BCUT2D eigenvalue weighted by molar-refractivity contribution is -0.126. The molecule has 5 aromatic rings. The average molecular weight is 581 g/mol. The maximum Gasteiger partial charge on any atom is 0.257 e. The van der Waals surface area contributed by atoms with Gasteiger partial charge < -0.3 is 14.6 Å². The van der Waals surface area contributed by atoms with E-state index < -0.39 is 28.0 Å². The fourth-order valence-electron chi connectivity index (χ4n) is 5.47. The first-order valence-corrected chi connectivity index (χ1v) is 14.8. The molecule has 6 rings (SSSR count). The first-order chi connectivity index (χ1) is 20.3. The number of hydrogen-bond acceptors (Lipinski definition) is 5. The number of carbonyl (C=O) groups excluding carboxylic acids is 2. The SMILES string of the molecule is COc1ccc(S(=O)(=O)NNC(=O)C(C)N2C(=O)c3ccccc3C2c2c(-c3ccccc3)[nH]c3ccccc23)cc1. The van der Waals surface area contributed by atoms with Gasteiger partial charge in [-0.1, -0.05) is 66.7 Å². The summed E-state index contributed by atoms with van der Waals surface area (Å²) in [5, 5.41) is 0.920. The minimum atomic E-state index is -4.08. The van der Waals surface area contributed by atoms with E-state index in [1.54, 1.807) is 19.1 Å². The van der Waals surface area contributed by atoms with Gasteiger partial charge in [-0.05, 0) is 54.4 Å². The smallest absolute Gasteiger partial charge is 0.257 e. The third kappa shape index (κ3) is 4.70. The summed E-state index contributed by atoms with van der Waals surface area (Å²) in [6.07, 6.45) is 0. The minimum absolute atomic E-state index is 0.0509. The fourth-order valence-corrected chi connectivity index (χ4v) is 6.32. The number of benzene rings is 4. The lowest BCUT2D eigenvalue weighted by Crippen LogP contribution is -2.52. The van der Waals surface area contributed by atoms with Crippen molar-refractivity contribution in [2.24, 2.45) is 0 Å². The quantitative estimate of drug-likeness (QED) is 0.228. The number of aromatic amines is 1. The van der Waals surface area contributed by atoms with Crippen LogP contribution in [0.4, 0.5) is 0 Å². The maximum absolute atomic E-state index is 13.9. The van der Waals surface area contributed by atoms with Gasteiger partial charge in [0.25, 0.3) is 21.8 Å². The number of hydrazine groups is 1. The van der Waals surface area contributed by atoms with Crippen molar-refractivity contribution in [3.63, 3.8) is 0 Å². The third-order valence-electron chi connectivity index (χ3n) is 7.56. The predicted octanol–water partition coefficient (Wildman–Crippen LogP) is 4.79. The van der Waals surface area contributed by atoms with E-state index in [9.17, 15) is 18.0 Å². The number of ether oxygens (including phenoxy) is 1. The summed E-state index contributed by atoms with van der Waals surface area (Å²) >= 11 is 0. The number of para-hydroxylation sites is 1. The molecule has 3 N–H and O–H groups in total. The van der Waals surface area contributed by atoms with Crippen molar-refractivity contribution in [1.29, 1.82) is 0 Å². The summed E-state index contributed by atoms with van der Waals surface area (Å²) < 4.78 is 30.8. The molecule has 2 unspecified atom stereocenters. The van der Waals surface area contributed by atoms with Crippen LogP contribution in [-0.2, 0) is 14.8 Å². The van der Waals surface area contributed by atoms with E-state index in [4.69, 9.17) is 4.74 Å². The molecule has 0 saturated carbocycles. The van der Waals surface area contributed by atoms with Crippen molar-refractivity contribution >= 4 is 32.7 Å². The summed E-state index contributed by atoms with van der Waals surface area (Å²) in [5.74, 6) is -0.503. The molecule has 2 heterocycles. The molecule has 9 nitrogen and oxygen atoms in total. The molecule has 0 saturated heterocycles. The van der Waals surface area contributed by atoms with Gasteiger partial charge in [0.15, 0.2) is 0 Å². The topological polar surface area (TPSA) is 121 Å². The second-order valence-corrected chi connectivity index (χ2v) is 11.7. The Morgan fingerprint density at radius 2 is 1.57 bits per heavy atom. The lowest BCUT2D eigenvalue weighted by Gasteiger charge is -2.31. The van der Waals surface area contributed by atoms with Crippen molar-refractivity contribution in [1.82, 2.24) is 20.1 Å². The van der Waals surface area contributed by atoms with E-state index in [0.717, 1.165) is 33.3 Å². The predicted molar refractivity (Wildman–Crippen MR) is 159 cm³/mol. The van der Waals surface area contributed by atoms with Gasteiger partial charge >= 0.3 is 0 Å². The number of fused-ring (bicyclic) bond motifs is 2. The molecule has 1 aromatic heterocycles. The molecule has 212 valence electrons. The summed E-state index contributed by atoms with van der Waals surface area (Å²) in [7, 11) is -2.60. The highest BCUT2D eigenvalue weighted by atomic mass is 32.2. The van der Waals surface area contributed by atoms with Crippen LogP contribution in [0.25, 0.3) is 22.2 Å². The third-order valence-corrected chi connectivity index (χ3v) is 8.82. The Kier molecular flexibility index (Phi) is 7.01. The standard InChI is InChI=1S/C32H28N4O5S/c1-20(31(37)34-35-42(39,40)23-18-16-22(41-2)17-19-23)36-30(24-12-6-7-13-25(24)32(36)38)28-26-14-8-9-15-27(26)33-29(28)21-10-4-3-5-11-21/h3-20,30,33,35H,1-2H3,(H,34,37). The number of rotatable bonds is 8. The molecule has 1 aliphatic rings. The normalized spacial score (nSPS) is 15.4. The van der Waals surface area contributed by atoms with E-state index in [-0.39, 0.29) is 10.8 Å². The molecule has 0 fully saturated rings. The molecule has 2 amide bonds. The molecule has 10 heteroatoms. The first kappa shape index (κ1) is 27.3. The van der Waals surface area contributed by atoms with Gasteiger partial charge in [-0.25, -0.2) is 8.42 Å².